The Labute approximate surface area is 121 Å². The van der Waals surface area contributed by atoms with E-state index in [1.54, 1.807) is 0 Å². The molecule has 0 heterocycles. The molecule has 1 N–H and O–H groups in total. The van der Waals surface area contributed by atoms with Crippen LogP contribution in [0.5, 0.6) is 0 Å². The van der Waals surface area contributed by atoms with Crippen LogP contribution in [0.15, 0.2) is 54.6 Å². The first kappa shape index (κ1) is 14.8. The van der Waals surface area contributed by atoms with E-state index in [-0.39, 0.29) is 0 Å². The van der Waals surface area contributed by atoms with Crippen LogP contribution in [0.1, 0.15) is 31.4 Å². The Bertz CT molecular complexity index is 491. The zero-order chi connectivity index (χ0) is 14.2. The van der Waals surface area contributed by atoms with E-state index >= 15 is 0 Å². The van der Waals surface area contributed by atoms with Gasteiger partial charge in [-0.15, -0.1) is 0 Å². The topological polar surface area (TPSA) is 29.5 Å². The van der Waals surface area contributed by atoms with Crippen molar-refractivity contribution in [2.45, 2.75) is 25.9 Å². The third-order valence-corrected chi connectivity index (χ3v) is 3.29. The number of hydrogen-bond acceptors (Lipinski definition) is 2. The molecule has 0 bridgehead atoms. The second-order valence-electron chi connectivity index (χ2n) is 4.90. The van der Waals surface area contributed by atoms with Crippen LogP contribution in [-0.2, 0) is 4.74 Å². The Morgan fingerprint density at radius 1 is 0.900 bits per heavy atom. The molecular weight excluding hydrogens is 248 g/mol. The van der Waals surface area contributed by atoms with Gasteiger partial charge in [0.05, 0.1) is 6.10 Å². The lowest BCUT2D eigenvalue weighted by atomic mass is 10.0. The average Bonchev–Trinajstić information content (AvgIpc) is 2.52. The molecule has 0 aliphatic heterocycles. The van der Waals surface area contributed by atoms with Gasteiger partial charge in [-0.25, -0.2) is 0 Å². The third-order valence-electron chi connectivity index (χ3n) is 3.29. The summed E-state index contributed by atoms with van der Waals surface area (Å²) in [6, 6.07) is 18.3. The Morgan fingerprint density at radius 3 is 2.20 bits per heavy atom. The van der Waals surface area contributed by atoms with Crippen molar-refractivity contribution >= 4 is 0 Å². The minimum absolute atomic E-state index is 0.448. The van der Waals surface area contributed by atoms with Gasteiger partial charge in [0.15, 0.2) is 0 Å². The molecule has 2 aromatic carbocycles. The fourth-order valence-corrected chi connectivity index (χ4v) is 2.14. The lowest BCUT2D eigenvalue weighted by Crippen LogP contribution is -2.03. The number of benzene rings is 2. The number of ether oxygens (including phenoxy) is 1. The Hall–Kier alpha value is -1.64. The SMILES string of the molecule is CCCOCCC(O)c1ccc(-c2ccccc2)cc1. The Balaban J connectivity index is 1.94. The predicted octanol–water partition coefficient (Wildman–Crippen LogP) is 4.20. The lowest BCUT2D eigenvalue weighted by molar-refractivity contribution is 0.0822. The Kier molecular flexibility index (Phi) is 5.78. The van der Waals surface area contributed by atoms with Crippen LogP contribution < -0.4 is 0 Å². The maximum atomic E-state index is 10.1. The van der Waals surface area contributed by atoms with E-state index in [1.807, 2.05) is 30.3 Å². The molecule has 2 heteroatoms. The summed E-state index contributed by atoms with van der Waals surface area (Å²) in [5.41, 5.74) is 3.31. The molecule has 0 aliphatic rings. The molecule has 2 nitrogen and oxygen atoms in total. The van der Waals surface area contributed by atoms with Gasteiger partial charge in [-0.1, -0.05) is 61.5 Å². The number of aliphatic hydroxyl groups is 1. The van der Waals surface area contributed by atoms with Gasteiger partial charge in [-0.05, 0) is 23.1 Å². The van der Waals surface area contributed by atoms with E-state index in [1.165, 1.54) is 11.1 Å². The van der Waals surface area contributed by atoms with Gasteiger partial charge in [0.1, 0.15) is 0 Å². The molecular formula is C18H22O2. The van der Waals surface area contributed by atoms with E-state index < -0.39 is 6.10 Å². The monoisotopic (exact) mass is 270 g/mol. The molecule has 2 rings (SSSR count). The van der Waals surface area contributed by atoms with Gasteiger partial charge in [0.25, 0.3) is 0 Å². The highest BCUT2D eigenvalue weighted by atomic mass is 16.5. The quantitative estimate of drug-likeness (QED) is 0.764. The molecule has 0 radical (unpaired) electrons. The largest absolute Gasteiger partial charge is 0.388 e. The van der Waals surface area contributed by atoms with Gasteiger partial charge < -0.3 is 9.84 Å². The van der Waals surface area contributed by atoms with E-state index in [9.17, 15) is 5.11 Å². The predicted molar refractivity (Wildman–Crippen MR) is 82.6 cm³/mol. The van der Waals surface area contributed by atoms with Gasteiger partial charge in [-0.2, -0.15) is 0 Å². The van der Waals surface area contributed by atoms with Gasteiger partial charge in [0, 0.05) is 19.6 Å². The average molecular weight is 270 g/mol. The normalized spacial score (nSPS) is 12.3. The van der Waals surface area contributed by atoms with Crippen molar-refractivity contribution in [3.63, 3.8) is 0 Å². The first-order valence-corrected chi connectivity index (χ1v) is 7.22. The smallest absolute Gasteiger partial charge is 0.0812 e. The molecule has 0 amide bonds. The summed E-state index contributed by atoms with van der Waals surface area (Å²) >= 11 is 0. The van der Waals surface area contributed by atoms with E-state index in [4.69, 9.17) is 4.74 Å². The fourth-order valence-electron chi connectivity index (χ4n) is 2.14. The lowest BCUT2D eigenvalue weighted by Gasteiger charge is -2.12. The molecule has 1 atom stereocenters. The van der Waals surface area contributed by atoms with Gasteiger partial charge in [0.2, 0.25) is 0 Å². The number of aliphatic hydroxyl groups excluding tert-OH is 1. The number of hydrogen-bond donors (Lipinski definition) is 1. The van der Waals surface area contributed by atoms with Crippen LogP contribution >= 0.6 is 0 Å². The van der Waals surface area contributed by atoms with Crippen molar-refractivity contribution in [1.82, 2.24) is 0 Å². The first-order chi connectivity index (χ1) is 9.81. The van der Waals surface area contributed by atoms with Crippen LogP contribution in [0.3, 0.4) is 0 Å². The van der Waals surface area contributed by atoms with Crippen LogP contribution in [-0.4, -0.2) is 18.3 Å². The van der Waals surface area contributed by atoms with E-state index in [0.29, 0.717) is 13.0 Å². The zero-order valence-electron chi connectivity index (χ0n) is 12.0. The van der Waals surface area contributed by atoms with Crippen molar-refractivity contribution in [1.29, 1.82) is 0 Å². The highest BCUT2D eigenvalue weighted by Crippen LogP contribution is 2.23. The van der Waals surface area contributed by atoms with Gasteiger partial charge in [-0.3, -0.25) is 0 Å². The molecule has 20 heavy (non-hydrogen) atoms. The van der Waals surface area contributed by atoms with Crippen molar-refractivity contribution in [3.05, 3.63) is 60.2 Å². The molecule has 0 saturated heterocycles. The second kappa shape index (κ2) is 7.83. The first-order valence-electron chi connectivity index (χ1n) is 7.22. The highest BCUT2D eigenvalue weighted by Gasteiger charge is 2.07. The highest BCUT2D eigenvalue weighted by molar-refractivity contribution is 5.63. The molecule has 0 fully saturated rings. The fraction of sp³-hybridized carbons (Fsp3) is 0.333. The molecule has 0 aliphatic carbocycles. The molecule has 2 aromatic rings. The van der Waals surface area contributed by atoms with Crippen molar-refractivity contribution in [2.75, 3.05) is 13.2 Å². The van der Waals surface area contributed by atoms with Crippen LogP contribution in [0.2, 0.25) is 0 Å². The summed E-state index contributed by atoms with van der Waals surface area (Å²) in [7, 11) is 0. The minimum atomic E-state index is -0.448. The maximum Gasteiger partial charge on any atom is 0.0812 e. The van der Waals surface area contributed by atoms with E-state index in [2.05, 4.69) is 31.2 Å². The molecule has 0 aromatic heterocycles. The summed E-state index contributed by atoms with van der Waals surface area (Å²) in [6.07, 6.45) is 1.21. The summed E-state index contributed by atoms with van der Waals surface area (Å²) < 4.78 is 5.41. The minimum Gasteiger partial charge on any atom is -0.388 e. The van der Waals surface area contributed by atoms with Gasteiger partial charge >= 0.3 is 0 Å². The van der Waals surface area contributed by atoms with Crippen LogP contribution in [0, 0.1) is 0 Å². The summed E-state index contributed by atoms with van der Waals surface area (Å²) in [4.78, 5) is 0. The molecule has 106 valence electrons. The van der Waals surface area contributed by atoms with Crippen LogP contribution in [0.25, 0.3) is 11.1 Å². The van der Waals surface area contributed by atoms with Crippen molar-refractivity contribution in [2.24, 2.45) is 0 Å². The summed E-state index contributed by atoms with van der Waals surface area (Å²) in [5, 5.41) is 10.1. The number of rotatable bonds is 7. The zero-order valence-corrected chi connectivity index (χ0v) is 12.0. The second-order valence-corrected chi connectivity index (χ2v) is 4.90. The molecule has 1 unspecified atom stereocenters. The summed E-state index contributed by atoms with van der Waals surface area (Å²) in [6.45, 7) is 3.45. The van der Waals surface area contributed by atoms with E-state index in [0.717, 1.165) is 18.6 Å². The standard InChI is InChI=1S/C18H22O2/c1-2-13-20-14-12-18(19)17-10-8-16(9-11-17)15-6-4-3-5-7-15/h3-11,18-19H,2,12-14H2,1H3. The Morgan fingerprint density at radius 2 is 1.55 bits per heavy atom. The maximum absolute atomic E-state index is 10.1. The molecule has 0 saturated carbocycles. The van der Waals surface area contributed by atoms with Crippen molar-refractivity contribution < 1.29 is 9.84 Å². The third kappa shape index (κ3) is 4.19. The van der Waals surface area contributed by atoms with Crippen LogP contribution in [0.4, 0.5) is 0 Å². The molecule has 0 spiro atoms. The van der Waals surface area contributed by atoms with Crippen molar-refractivity contribution in [3.8, 4) is 11.1 Å². The summed E-state index contributed by atoms with van der Waals surface area (Å²) in [5.74, 6) is 0.